The molecule has 0 bridgehead atoms. The zero-order chi connectivity index (χ0) is 17.7. The van der Waals surface area contributed by atoms with Gasteiger partial charge in [-0.2, -0.15) is 13.2 Å². The zero-order valence-corrected chi connectivity index (χ0v) is 13.8. The van der Waals surface area contributed by atoms with Crippen LogP contribution in [0.5, 0.6) is 0 Å². The Morgan fingerprint density at radius 3 is 2.58 bits per heavy atom. The summed E-state index contributed by atoms with van der Waals surface area (Å²) in [6.45, 7) is 4.43. The maximum absolute atomic E-state index is 13.4. The molecule has 0 atom stereocenters. The molecule has 2 amide bonds. The van der Waals surface area contributed by atoms with Crippen molar-refractivity contribution in [2.75, 3.05) is 50.1 Å². The third-order valence-corrected chi connectivity index (χ3v) is 3.83. The number of hydrogen-bond acceptors (Lipinski definition) is 3. The molecule has 1 N–H and O–H groups in total. The second kappa shape index (κ2) is 7.74. The average Bonchev–Trinajstić information content (AvgIpc) is 2.55. The van der Waals surface area contributed by atoms with Gasteiger partial charge in [0.25, 0.3) is 0 Å². The number of morpholine rings is 1. The van der Waals surface area contributed by atoms with Crippen LogP contribution in [0.3, 0.4) is 0 Å². The molecule has 0 spiro atoms. The molecule has 2 rings (SSSR count). The van der Waals surface area contributed by atoms with Crippen molar-refractivity contribution in [2.45, 2.75) is 19.5 Å². The number of amides is 2. The number of carbonyl (C=O) groups excluding carboxylic acids is 1. The Kier molecular flexibility index (Phi) is 5.93. The summed E-state index contributed by atoms with van der Waals surface area (Å²) in [5.74, 6) is 0. The highest BCUT2D eigenvalue weighted by molar-refractivity contribution is 5.90. The quantitative estimate of drug-likeness (QED) is 0.909. The summed E-state index contributed by atoms with van der Waals surface area (Å²) in [7, 11) is 1.55. The minimum absolute atomic E-state index is 0.229. The molecule has 0 aromatic heterocycles. The van der Waals surface area contributed by atoms with Crippen molar-refractivity contribution in [2.24, 2.45) is 0 Å². The lowest BCUT2D eigenvalue weighted by Crippen LogP contribution is -2.36. The predicted molar refractivity (Wildman–Crippen MR) is 86.4 cm³/mol. The molecule has 0 aliphatic carbocycles. The van der Waals surface area contributed by atoms with Gasteiger partial charge in [-0.25, -0.2) is 4.79 Å². The van der Waals surface area contributed by atoms with Gasteiger partial charge in [-0.3, -0.25) is 0 Å². The number of nitrogens with one attached hydrogen (secondary N) is 1. The Balaban J connectivity index is 2.25. The average molecular weight is 345 g/mol. The van der Waals surface area contributed by atoms with Gasteiger partial charge in [0.05, 0.1) is 24.5 Å². The first kappa shape index (κ1) is 18.4. The number of alkyl halides is 3. The van der Waals surface area contributed by atoms with Crippen LogP contribution >= 0.6 is 0 Å². The number of ether oxygens (including phenoxy) is 1. The van der Waals surface area contributed by atoms with E-state index in [9.17, 15) is 18.0 Å². The van der Waals surface area contributed by atoms with Crippen LogP contribution in [0.25, 0.3) is 0 Å². The molecule has 24 heavy (non-hydrogen) atoms. The Hall–Kier alpha value is -1.96. The normalized spacial score (nSPS) is 15.3. The van der Waals surface area contributed by atoms with E-state index < -0.39 is 17.8 Å². The first-order valence-electron chi connectivity index (χ1n) is 7.89. The van der Waals surface area contributed by atoms with Crippen molar-refractivity contribution >= 4 is 17.4 Å². The fourth-order valence-corrected chi connectivity index (χ4v) is 2.54. The second-order valence-corrected chi connectivity index (χ2v) is 5.68. The van der Waals surface area contributed by atoms with Crippen LogP contribution < -0.4 is 10.2 Å². The van der Waals surface area contributed by atoms with Crippen molar-refractivity contribution < 1.29 is 22.7 Å². The molecule has 1 heterocycles. The van der Waals surface area contributed by atoms with E-state index in [0.29, 0.717) is 38.5 Å². The van der Waals surface area contributed by atoms with Gasteiger partial charge in [0.1, 0.15) is 0 Å². The molecule has 1 fully saturated rings. The third kappa shape index (κ3) is 4.53. The van der Waals surface area contributed by atoms with E-state index in [1.807, 2.05) is 11.8 Å². The van der Waals surface area contributed by atoms with Gasteiger partial charge in [0.2, 0.25) is 0 Å². The smallest absolute Gasteiger partial charge is 0.378 e. The first-order chi connectivity index (χ1) is 11.3. The molecule has 0 unspecified atom stereocenters. The van der Waals surface area contributed by atoms with Crippen molar-refractivity contribution in [1.29, 1.82) is 0 Å². The van der Waals surface area contributed by atoms with Crippen molar-refractivity contribution in [1.82, 2.24) is 4.90 Å². The monoisotopic (exact) mass is 345 g/mol. The SMILES string of the molecule is CCCN(C)C(=O)Nc1ccc(N2CCOCC2)cc1C(F)(F)F. The number of anilines is 2. The fourth-order valence-electron chi connectivity index (χ4n) is 2.54. The van der Waals surface area contributed by atoms with Crippen molar-refractivity contribution in [3.63, 3.8) is 0 Å². The lowest BCUT2D eigenvalue weighted by atomic mass is 10.1. The lowest BCUT2D eigenvalue weighted by Gasteiger charge is -2.30. The van der Waals surface area contributed by atoms with E-state index >= 15 is 0 Å². The minimum Gasteiger partial charge on any atom is -0.378 e. The van der Waals surface area contributed by atoms with Crippen LogP contribution in [0, 0.1) is 0 Å². The topological polar surface area (TPSA) is 44.8 Å². The molecule has 5 nitrogen and oxygen atoms in total. The molecule has 1 aromatic carbocycles. The summed E-state index contributed by atoms with van der Waals surface area (Å²) in [4.78, 5) is 15.2. The summed E-state index contributed by atoms with van der Waals surface area (Å²) < 4.78 is 45.4. The van der Waals surface area contributed by atoms with Gasteiger partial charge in [-0.05, 0) is 24.6 Å². The van der Waals surface area contributed by atoms with Gasteiger partial charge < -0.3 is 19.9 Å². The maximum atomic E-state index is 13.4. The van der Waals surface area contributed by atoms with Gasteiger partial charge in [-0.1, -0.05) is 6.92 Å². The van der Waals surface area contributed by atoms with E-state index in [2.05, 4.69) is 5.32 Å². The Labute approximate surface area is 139 Å². The van der Waals surface area contributed by atoms with E-state index in [0.717, 1.165) is 12.5 Å². The highest BCUT2D eigenvalue weighted by Gasteiger charge is 2.35. The van der Waals surface area contributed by atoms with Crippen molar-refractivity contribution in [3.8, 4) is 0 Å². The first-order valence-corrected chi connectivity index (χ1v) is 7.89. The standard InChI is InChI=1S/C16H22F3N3O2/c1-3-6-21(2)15(23)20-14-5-4-12(11-13(14)16(17,18)19)22-7-9-24-10-8-22/h4-5,11H,3,6-10H2,1-2H3,(H,20,23). The number of halogens is 3. The third-order valence-electron chi connectivity index (χ3n) is 3.83. The number of hydrogen-bond donors (Lipinski definition) is 1. The Bertz CT molecular complexity index is 572. The summed E-state index contributed by atoms with van der Waals surface area (Å²) in [5.41, 5.74) is -0.595. The van der Waals surface area contributed by atoms with Crippen LogP contribution in [0.2, 0.25) is 0 Å². The maximum Gasteiger partial charge on any atom is 0.418 e. The van der Waals surface area contributed by atoms with Crippen LogP contribution in [0.15, 0.2) is 18.2 Å². The van der Waals surface area contributed by atoms with Gasteiger partial charge in [0.15, 0.2) is 0 Å². The molecular formula is C16H22F3N3O2. The zero-order valence-electron chi connectivity index (χ0n) is 13.8. The van der Waals surface area contributed by atoms with Gasteiger partial charge in [-0.15, -0.1) is 0 Å². The van der Waals surface area contributed by atoms with Crippen LogP contribution in [-0.4, -0.2) is 50.8 Å². The van der Waals surface area contributed by atoms with Gasteiger partial charge >= 0.3 is 12.2 Å². The number of carbonyl (C=O) groups is 1. The minimum atomic E-state index is -4.55. The summed E-state index contributed by atoms with van der Waals surface area (Å²) in [6.07, 6.45) is -3.82. The molecule has 1 aliphatic rings. The number of nitrogens with zero attached hydrogens (tertiary/aromatic N) is 2. The van der Waals surface area contributed by atoms with E-state index in [1.165, 1.54) is 11.0 Å². The summed E-state index contributed by atoms with van der Waals surface area (Å²) >= 11 is 0. The number of urea groups is 1. The summed E-state index contributed by atoms with van der Waals surface area (Å²) in [5, 5.41) is 2.36. The highest BCUT2D eigenvalue weighted by Crippen LogP contribution is 2.37. The van der Waals surface area contributed by atoms with Gasteiger partial charge in [0, 0.05) is 32.4 Å². The van der Waals surface area contributed by atoms with E-state index in [4.69, 9.17) is 4.74 Å². The van der Waals surface area contributed by atoms with Crippen molar-refractivity contribution in [3.05, 3.63) is 23.8 Å². The molecule has 0 saturated carbocycles. The molecule has 8 heteroatoms. The lowest BCUT2D eigenvalue weighted by molar-refractivity contribution is -0.136. The number of rotatable bonds is 4. The van der Waals surface area contributed by atoms with Crippen LogP contribution in [0.1, 0.15) is 18.9 Å². The molecule has 1 saturated heterocycles. The Morgan fingerprint density at radius 1 is 1.33 bits per heavy atom. The molecule has 0 radical (unpaired) electrons. The molecular weight excluding hydrogens is 323 g/mol. The predicted octanol–water partition coefficient (Wildman–Crippen LogP) is 3.42. The van der Waals surface area contributed by atoms with Crippen LogP contribution in [-0.2, 0) is 10.9 Å². The van der Waals surface area contributed by atoms with E-state index in [1.54, 1.807) is 13.1 Å². The van der Waals surface area contributed by atoms with Crippen LogP contribution in [0.4, 0.5) is 29.3 Å². The fraction of sp³-hybridized carbons (Fsp3) is 0.562. The second-order valence-electron chi connectivity index (χ2n) is 5.68. The summed E-state index contributed by atoms with van der Waals surface area (Å²) in [6, 6.07) is 3.43. The molecule has 1 aromatic rings. The number of benzene rings is 1. The molecule has 1 aliphatic heterocycles. The van der Waals surface area contributed by atoms with E-state index in [-0.39, 0.29) is 5.69 Å². The Morgan fingerprint density at radius 2 is 2.00 bits per heavy atom. The molecule has 134 valence electrons. The highest BCUT2D eigenvalue weighted by atomic mass is 19.4. The largest absolute Gasteiger partial charge is 0.418 e.